The molecule has 0 bridgehead atoms. The van der Waals surface area contributed by atoms with Crippen LogP contribution in [0.15, 0.2) is 66.9 Å². The largest absolute Gasteiger partial charge is 0.454 e. The van der Waals surface area contributed by atoms with Crippen LogP contribution in [0.25, 0.3) is 0 Å². The molecule has 1 aliphatic heterocycles. The Morgan fingerprint density at radius 2 is 1.78 bits per heavy atom. The van der Waals surface area contributed by atoms with E-state index in [-0.39, 0.29) is 12.7 Å². The van der Waals surface area contributed by atoms with E-state index in [1.54, 1.807) is 18.3 Å². The maximum atomic E-state index is 12.3. The Bertz CT molecular complexity index is 927. The number of fused-ring (bicyclic) bond motifs is 1. The number of hydrogen-bond donors (Lipinski definition) is 2. The number of rotatable bonds is 6. The predicted octanol–water partition coefficient (Wildman–Crippen LogP) is 3.35. The second-order valence-corrected chi connectivity index (χ2v) is 6.14. The van der Waals surface area contributed by atoms with Gasteiger partial charge in [0.1, 0.15) is 5.82 Å². The van der Waals surface area contributed by atoms with Gasteiger partial charge in [-0.3, -0.25) is 4.79 Å². The van der Waals surface area contributed by atoms with Crippen molar-refractivity contribution in [2.75, 3.05) is 12.1 Å². The fourth-order valence-corrected chi connectivity index (χ4v) is 2.76. The molecule has 0 saturated carbocycles. The zero-order chi connectivity index (χ0) is 18.5. The molecular formula is C21H19N3O3. The van der Waals surface area contributed by atoms with E-state index in [2.05, 4.69) is 15.6 Å². The van der Waals surface area contributed by atoms with Gasteiger partial charge in [0.15, 0.2) is 11.5 Å². The molecule has 1 amide bonds. The van der Waals surface area contributed by atoms with Crippen molar-refractivity contribution in [1.29, 1.82) is 0 Å². The van der Waals surface area contributed by atoms with Gasteiger partial charge in [-0.15, -0.1) is 0 Å². The average molecular weight is 361 g/mol. The SMILES string of the molecule is O=C(NCc1ccc2c(c1)OCO2)c1ccc(NCc2ccccc2)nc1. The van der Waals surface area contributed by atoms with Crippen LogP contribution >= 0.6 is 0 Å². The number of ether oxygens (including phenoxy) is 2. The van der Waals surface area contributed by atoms with Crippen molar-refractivity contribution < 1.29 is 14.3 Å². The molecule has 2 heterocycles. The molecule has 27 heavy (non-hydrogen) atoms. The summed E-state index contributed by atoms with van der Waals surface area (Å²) in [5.74, 6) is 1.99. The monoisotopic (exact) mass is 361 g/mol. The Labute approximate surface area is 157 Å². The van der Waals surface area contributed by atoms with Gasteiger partial charge in [-0.05, 0) is 35.4 Å². The molecule has 136 valence electrons. The van der Waals surface area contributed by atoms with Gasteiger partial charge in [0.2, 0.25) is 6.79 Å². The third kappa shape index (κ3) is 4.17. The van der Waals surface area contributed by atoms with Crippen molar-refractivity contribution in [1.82, 2.24) is 10.3 Å². The van der Waals surface area contributed by atoms with Crippen LogP contribution in [0.5, 0.6) is 11.5 Å². The Morgan fingerprint density at radius 3 is 2.59 bits per heavy atom. The maximum Gasteiger partial charge on any atom is 0.253 e. The van der Waals surface area contributed by atoms with Gasteiger partial charge in [-0.25, -0.2) is 4.98 Å². The minimum atomic E-state index is -0.172. The third-order valence-electron chi connectivity index (χ3n) is 4.23. The first-order valence-electron chi connectivity index (χ1n) is 8.68. The molecule has 6 heteroatoms. The normalized spacial score (nSPS) is 11.9. The lowest BCUT2D eigenvalue weighted by atomic mass is 10.2. The minimum Gasteiger partial charge on any atom is -0.454 e. The number of nitrogens with zero attached hydrogens (tertiary/aromatic N) is 1. The predicted molar refractivity (Wildman–Crippen MR) is 102 cm³/mol. The lowest BCUT2D eigenvalue weighted by molar-refractivity contribution is 0.0950. The number of carbonyl (C=O) groups excluding carboxylic acids is 1. The summed E-state index contributed by atoms with van der Waals surface area (Å²) in [5, 5.41) is 6.13. The molecule has 3 aromatic rings. The Balaban J connectivity index is 1.31. The molecule has 0 fully saturated rings. The molecule has 0 spiro atoms. The molecule has 2 aromatic carbocycles. The van der Waals surface area contributed by atoms with E-state index in [9.17, 15) is 4.79 Å². The van der Waals surface area contributed by atoms with E-state index < -0.39 is 0 Å². The molecule has 0 saturated heterocycles. The molecule has 0 radical (unpaired) electrons. The van der Waals surface area contributed by atoms with Gasteiger partial charge in [0, 0.05) is 19.3 Å². The van der Waals surface area contributed by atoms with Crippen LogP contribution in [0.4, 0.5) is 5.82 Å². The van der Waals surface area contributed by atoms with Gasteiger partial charge < -0.3 is 20.1 Å². The van der Waals surface area contributed by atoms with Crippen molar-refractivity contribution in [2.24, 2.45) is 0 Å². The summed E-state index contributed by atoms with van der Waals surface area (Å²) in [6.45, 7) is 1.33. The average Bonchev–Trinajstić information content (AvgIpc) is 3.19. The van der Waals surface area contributed by atoms with Crippen LogP contribution in [0.1, 0.15) is 21.5 Å². The fraction of sp³-hybridized carbons (Fsp3) is 0.143. The second kappa shape index (κ2) is 7.78. The van der Waals surface area contributed by atoms with Crippen molar-refractivity contribution >= 4 is 11.7 Å². The van der Waals surface area contributed by atoms with E-state index in [1.165, 1.54) is 5.56 Å². The van der Waals surface area contributed by atoms with Crippen molar-refractivity contribution in [3.63, 3.8) is 0 Å². The van der Waals surface area contributed by atoms with E-state index >= 15 is 0 Å². The fourth-order valence-electron chi connectivity index (χ4n) is 2.76. The van der Waals surface area contributed by atoms with E-state index in [1.807, 2.05) is 48.5 Å². The maximum absolute atomic E-state index is 12.3. The molecule has 4 rings (SSSR count). The van der Waals surface area contributed by atoms with Crippen LogP contribution in [0, 0.1) is 0 Å². The summed E-state index contributed by atoms with van der Waals surface area (Å²) in [5.41, 5.74) is 2.63. The van der Waals surface area contributed by atoms with E-state index in [4.69, 9.17) is 9.47 Å². The quantitative estimate of drug-likeness (QED) is 0.704. The highest BCUT2D eigenvalue weighted by molar-refractivity contribution is 5.94. The number of anilines is 1. The highest BCUT2D eigenvalue weighted by Gasteiger charge is 2.13. The van der Waals surface area contributed by atoms with Gasteiger partial charge >= 0.3 is 0 Å². The standard InChI is InChI=1S/C21H19N3O3/c25-21(24-12-16-6-8-18-19(10-16)27-14-26-18)17-7-9-20(23-13-17)22-11-15-4-2-1-3-5-15/h1-10,13H,11-12,14H2,(H,22,23)(H,24,25). The summed E-state index contributed by atoms with van der Waals surface area (Å²) in [6.07, 6.45) is 1.57. The van der Waals surface area contributed by atoms with Crippen molar-refractivity contribution in [3.05, 3.63) is 83.6 Å². The van der Waals surface area contributed by atoms with Gasteiger partial charge in [0.25, 0.3) is 5.91 Å². The first-order chi connectivity index (χ1) is 13.3. The summed E-state index contributed by atoms with van der Waals surface area (Å²) in [4.78, 5) is 16.6. The van der Waals surface area contributed by atoms with E-state index in [0.29, 0.717) is 24.4 Å². The summed E-state index contributed by atoms with van der Waals surface area (Å²) < 4.78 is 10.6. The number of hydrogen-bond acceptors (Lipinski definition) is 5. The number of aromatic nitrogens is 1. The van der Waals surface area contributed by atoms with Gasteiger partial charge in [-0.2, -0.15) is 0 Å². The molecule has 0 atom stereocenters. The van der Waals surface area contributed by atoms with Crippen LogP contribution in [-0.2, 0) is 13.1 Å². The Hall–Kier alpha value is -3.54. The lowest BCUT2D eigenvalue weighted by Crippen LogP contribution is -2.22. The Kier molecular flexibility index (Phi) is 4.87. The number of pyridine rings is 1. The van der Waals surface area contributed by atoms with Crippen LogP contribution in [-0.4, -0.2) is 17.7 Å². The summed E-state index contributed by atoms with van der Waals surface area (Å²) in [6, 6.07) is 19.3. The first-order valence-corrected chi connectivity index (χ1v) is 8.68. The molecule has 2 N–H and O–H groups in total. The minimum absolute atomic E-state index is 0.172. The molecular weight excluding hydrogens is 342 g/mol. The molecule has 0 unspecified atom stereocenters. The summed E-state index contributed by atoms with van der Waals surface area (Å²) >= 11 is 0. The van der Waals surface area contributed by atoms with Crippen LogP contribution < -0.4 is 20.1 Å². The highest BCUT2D eigenvalue weighted by atomic mass is 16.7. The number of nitrogens with one attached hydrogen (secondary N) is 2. The lowest BCUT2D eigenvalue weighted by Gasteiger charge is -2.08. The smallest absolute Gasteiger partial charge is 0.253 e. The van der Waals surface area contributed by atoms with E-state index in [0.717, 1.165) is 17.1 Å². The molecule has 1 aliphatic rings. The zero-order valence-corrected chi connectivity index (χ0v) is 14.6. The molecule has 6 nitrogen and oxygen atoms in total. The van der Waals surface area contributed by atoms with Crippen LogP contribution in [0.3, 0.4) is 0 Å². The molecule has 0 aliphatic carbocycles. The second-order valence-electron chi connectivity index (χ2n) is 6.14. The third-order valence-corrected chi connectivity index (χ3v) is 4.23. The van der Waals surface area contributed by atoms with Crippen molar-refractivity contribution in [2.45, 2.75) is 13.1 Å². The number of amides is 1. The number of carbonyl (C=O) groups is 1. The topological polar surface area (TPSA) is 72.5 Å². The van der Waals surface area contributed by atoms with Gasteiger partial charge in [0.05, 0.1) is 5.56 Å². The number of benzene rings is 2. The first kappa shape index (κ1) is 16.9. The van der Waals surface area contributed by atoms with Crippen molar-refractivity contribution in [3.8, 4) is 11.5 Å². The highest BCUT2D eigenvalue weighted by Crippen LogP contribution is 2.32. The van der Waals surface area contributed by atoms with Gasteiger partial charge in [-0.1, -0.05) is 36.4 Å². The molecule has 1 aromatic heterocycles. The van der Waals surface area contributed by atoms with Crippen LogP contribution in [0.2, 0.25) is 0 Å². The zero-order valence-electron chi connectivity index (χ0n) is 14.6. The Morgan fingerprint density at radius 1 is 0.926 bits per heavy atom. The summed E-state index contributed by atoms with van der Waals surface area (Å²) in [7, 11) is 0.